The standard InChI is InChI=1S/C15H21NO2/c1-13(11-14-5-3-2-4-6-14)12-15(17)16-7-9-18-10-8-16/h2-6,13H,7-12H2,1H3/t13-/m0/s1. The second-order valence-corrected chi connectivity index (χ2v) is 4.99. The number of carbonyl (C=O) groups is 1. The molecule has 1 heterocycles. The summed E-state index contributed by atoms with van der Waals surface area (Å²) in [7, 11) is 0. The number of rotatable bonds is 4. The van der Waals surface area contributed by atoms with Gasteiger partial charge in [-0.3, -0.25) is 4.79 Å². The lowest BCUT2D eigenvalue weighted by atomic mass is 9.97. The van der Waals surface area contributed by atoms with E-state index < -0.39 is 0 Å². The van der Waals surface area contributed by atoms with Gasteiger partial charge in [-0.15, -0.1) is 0 Å². The minimum absolute atomic E-state index is 0.265. The molecule has 1 atom stereocenters. The molecule has 98 valence electrons. The molecular weight excluding hydrogens is 226 g/mol. The van der Waals surface area contributed by atoms with Crippen molar-refractivity contribution in [2.24, 2.45) is 5.92 Å². The summed E-state index contributed by atoms with van der Waals surface area (Å²) in [6.07, 6.45) is 1.60. The van der Waals surface area contributed by atoms with Crippen molar-refractivity contribution in [2.45, 2.75) is 19.8 Å². The zero-order valence-corrected chi connectivity index (χ0v) is 11.0. The molecule has 0 aliphatic carbocycles. The topological polar surface area (TPSA) is 29.5 Å². The van der Waals surface area contributed by atoms with Crippen LogP contribution in [-0.2, 0) is 16.0 Å². The quantitative estimate of drug-likeness (QED) is 0.815. The van der Waals surface area contributed by atoms with Crippen molar-refractivity contribution >= 4 is 5.91 Å². The van der Waals surface area contributed by atoms with Crippen LogP contribution in [0.25, 0.3) is 0 Å². The van der Waals surface area contributed by atoms with Gasteiger partial charge >= 0.3 is 0 Å². The maximum atomic E-state index is 12.1. The molecule has 3 heteroatoms. The molecule has 0 radical (unpaired) electrons. The van der Waals surface area contributed by atoms with Gasteiger partial charge in [0.2, 0.25) is 5.91 Å². The fourth-order valence-electron chi connectivity index (χ4n) is 2.33. The number of ether oxygens (including phenoxy) is 1. The van der Waals surface area contributed by atoms with E-state index >= 15 is 0 Å². The number of benzene rings is 1. The highest BCUT2D eigenvalue weighted by atomic mass is 16.5. The Morgan fingerprint density at radius 1 is 1.28 bits per heavy atom. The predicted molar refractivity (Wildman–Crippen MR) is 71.3 cm³/mol. The second-order valence-electron chi connectivity index (χ2n) is 4.99. The summed E-state index contributed by atoms with van der Waals surface area (Å²) in [4.78, 5) is 14.0. The molecule has 1 fully saturated rings. The first kappa shape index (κ1) is 13.1. The summed E-state index contributed by atoms with van der Waals surface area (Å²) < 4.78 is 5.26. The smallest absolute Gasteiger partial charge is 0.223 e. The molecule has 18 heavy (non-hydrogen) atoms. The molecule has 0 bridgehead atoms. The zero-order chi connectivity index (χ0) is 12.8. The van der Waals surface area contributed by atoms with Gasteiger partial charge in [-0.2, -0.15) is 0 Å². The Bertz CT molecular complexity index is 371. The van der Waals surface area contributed by atoms with Crippen LogP contribution in [0.4, 0.5) is 0 Å². The Labute approximate surface area is 109 Å². The van der Waals surface area contributed by atoms with Gasteiger partial charge in [0.05, 0.1) is 13.2 Å². The van der Waals surface area contributed by atoms with E-state index in [9.17, 15) is 4.79 Å². The van der Waals surface area contributed by atoms with Crippen molar-refractivity contribution in [3.63, 3.8) is 0 Å². The minimum atomic E-state index is 0.265. The summed E-state index contributed by atoms with van der Waals surface area (Å²) in [5, 5.41) is 0. The molecule has 2 rings (SSSR count). The summed E-state index contributed by atoms with van der Waals surface area (Å²) >= 11 is 0. The average Bonchev–Trinajstić information content (AvgIpc) is 2.40. The largest absolute Gasteiger partial charge is 0.378 e. The fraction of sp³-hybridized carbons (Fsp3) is 0.533. The summed E-state index contributed by atoms with van der Waals surface area (Å²) in [6, 6.07) is 10.4. The third-order valence-corrected chi connectivity index (χ3v) is 3.31. The molecule has 0 N–H and O–H groups in total. The highest BCUT2D eigenvalue weighted by Gasteiger charge is 2.18. The summed E-state index contributed by atoms with van der Waals surface area (Å²) in [5.74, 6) is 0.657. The van der Waals surface area contributed by atoms with E-state index in [0.29, 0.717) is 25.6 Å². The van der Waals surface area contributed by atoms with E-state index in [0.717, 1.165) is 19.5 Å². The van der Waals surface area contributed by atoms with Gasteiger partial charge < -0.3 is 9.64 Å². The molecule has 0 aromatic heterocycles. The Balaban J connectivity index is 1.79. The Morgan fingerprint density at radius 3 is 2.61 bits per heavy atom. The van der Waals surface area contributed by atoms with Gasteiger partial charge in [0.1, 0.15) is 0 Å². The number of morpholine rings is 1. The number of amides is 1. The Morgan fingerprint density at radius 2 is 1.94 bits per heavy atom. The van der Waals surface area contributed by atoms with Gasteiger partial charge in [-0.1, -0.05) is 37.3 Å². The van der Waals surface area contributed by atoms with Gasteiger partial charge in [-0.05, 0) is 17.9 Å². The van der Waals surface area contributed by atoms with Crippen LogP contribution < -0.4 is 0 Å². The van der Waals surface area contributed by atoms with Crippen LogP contribution in [0.1, 0.15) is 18.9 Å². The first-order chi connectivity index (χ1) is 8.75. The lowest BCUT2D eigenvalue weighted by Crippen LogP contribution is -2.41. The molecular formula is C15H21NO2. The molecule has 1 aliphatic heterocycles. The van der Waals surface area contributed by atoms with E-state index in [2.05, 4.69) is 19.1 Å². The first-order valence-electron chi connectivity index (χ1n) is 6.65. The predicted octanol–water partition coefficient (Wildman–Crippen LogP) is 2.11. The molecule has 0 spiro atoms. The molecule has 1 aromatic rings. The van der Waals surface area contributed by atoms with Crippen LogP contribution in [0.3, 0.4) is 0 Å². The minimum Gasteiger partial charge on any atom is -0.378 e. The Hall–Kier alpha value is -1.35. The van der Waals surface area contributed by atoms with E-state index in [4.69, 9.17) is 4.74 Å². The lowest BCUT2D eigenvalue weighted by molar-refractivity contribution is -0.136. The Kier molecular flexibility index (Phi) is 4.76. The molecule has 3 nitrogen and oxygen atoms in total. The van der Waals surface area contributed by atoms with Crippen molar-refractivity contribution in [3.05, 3.63) is 35.9 Å². The monoisotopic (exact) mass is 247 g/mol. The van der Waals surface area contributed by atoms with Crippen LogP contribution in [0.5, 0.6) is 0 Å². The van der Waals surface area contributed by atoms with Crippen LogP contribution in [0.15, 0.2) is 30.3 Å². The van der Waals surface area contributed by atoms with Crippen molar-refractivity contribution in [3.8, 4) is 0 Å². The highest BCUT2D eigenvalue weighted by Crippen LogP contribution is 2.13. The molecule has 0 unspecified atom stereocenters. The zero-order valence-electron chi connectivity index (χ0n) is 11.0. The van der Waals surface area contributed by atoms with Crippen LogP contribution in [0, 0.1) is 5.92 Å². The van der Waals surface area contributed by atoms with Gasteiger partial charge in [0.15, 0.2) is 0 Å². The first-order valence-corrected chi connectivity index (χ1v) is 6.65. The van der Waals surface area contributed by atoms with E-state index in [-0.39, 0.29) is 5.91 Å². The summed E-state index contributed by atoms with van der Waals surface area (Å²) in [6.45, 7) is 5.00. The number of carbonyl (C=O) groups excluding carboxylic acids is 1. The van der Waals surface area contributed by atoms with E-state index in [1.54, 1.807) is 0 Å². The third kappa shape index (κ3) is 3.84. The average molecular weight is 247 g/mol. The molecule has 1 saturated heterocycles. The van der Waals surface area contributed by atoms with Crippen molar-refractivity contribution in [2.75, 3.05) is 26.3 Å². The number of hydrogen-bond acceptors (Lipinski definition) is 2. The van der Waals surface area contributed by atoms with Crippen LogP contribution >= 0.6 is 0 Å². The molecule has 0 saturated carbocycles. The van der Waals surface area contributed by atoms with Gasteiger partial charge in [0.25, 0.3) is 0 Å². The number of hydrogen-bond donors (Lipinski definition) is 0. The van der Waals surface area contributed by atoms with Crippen LogP contribution in [0.2, 0.25) is 0 Å². The molecule has 1 aromatic carbocycles. The molecule has 1 amide bonds. The maximum absolute atomic E-state index is 12.1. The van der Waals surface area contributed by atoms with Crippen molar-refractivity contribution in [1.29, 1.82) is 0 Å². The normalized spacial score (nSPS) is 17.5. The SMILES string of the molecule is C[C@H](CC(=O)N1CCOCC1)Cc1ccccc1. The van der Waals surface area contributed by atoms with Crippen molar-refractivity contribution in [1.82, 2.24) is 4.90 Å². The highest BCUT2D eigenvalue weighted by molar-refractivity contribution is 5.76. The van der Waals surface area contributed by atoms with E-state index in [1.807, 2.05) is 23.1 Å². The van der Waals surface area contributed by atoms with Gasteiger partial charge in [-0.25, -0.2) is 0 Å². The number of nitrogens with zero attached hydrogens (tertiary/aromatic N) is 1. The third-order valence-electron chi connectivity index (χ3n) is 3.31. The maximum Gasteiger partial charge on any atom is 0.223 e. The summed E-state index contributed by atoms with van der Waals surface area (Å²) in [5.41, 5.74) is 1.31. The fourth-order valence-corrected chi connectivity index (χ4v) is 2.33. The lowest BCUT2D eigenvalue weighted by Gasteiger charge is -2.28. The van der Waals surface area contributed by atoms with Crippen LogP contribution in [-0.4, -0.2) is 37.1 Å². The molecule has 1 aliphatic rings. The second kappa shape index (κ2) is 6.55. The van der Waals surface area contributed by atoms with Gasteiger partial charge in [0, 0.05) is 19.5 Å². The van der Waals surface area contributed by atoms with E-state index in [1.165, 1.54) is 5.56 Å². The van der Waals surface area contributed by atoms with Crippen molar-refractivity contribution < 1.29 is 9.53 Å².